The Morgan fingerprint density at radius 3 is 2.12 bits per heavy atom. The molecule has 1 unspecified atom stereocenters. The van der Waals surface area contributed by atoms with E-state index in [1.165, 1.54) is 19.1 Å². The smallest absolute Gasteiger partial charge is 0.165 e. The molecule has 17 heavy (non-hydrogen) atoms. The van der Waals surface area contributed by atoms with Crippen molar-refractivity contribution in [3.63, 3.8) is 0 Å². The van der Waals surface area contributed by atoms with E-state index in [1.807, 2.05) is 0 Å². The van der Waals surface area contributed by atoms with Crippen LogP contribution in [0.4, 0.5) is 8.78 Å². The normalized spacial score (nSPS) is 15.8. The highest BCUT2D eigenvalue weighted by Crippen LogP contribution is 2.40. The first-order valence-corrected chi connectivity index (χ1v) is 5.52. The summed E-state index contributed by atoms with van der Waals surface area (Å²) in [5, 5.41) is 10.5. The minimum Gasteiger partial charge on any atom is -0.383 e. The summed E-state index contributed by atoms with van der Waals surface area (Å²) in [5.74, 6) is -1.95. The number of aryl methyl sites for hydroxylation is 1. The zero-order chi connectivity index (χ0) is 13.4. The lowest BCUT2D eigenvalue weighted by Gasteiger charge is -2.40. The Kier molecular flexibility index (Phi) is 3.60. The summed E-state index contributed by atoms with van der Waals surface area (Å²) >= 11 is 0. The first-order valence-electron chi connectivity index (χ1n) is 5.52. The Labute approximate surface area is 100 Å². The lowest BCUT2D eigenvalue weighted by Crippen LogP contribution is -2.47. The molecule has 0 spiro atoms. The number of benzene rings is 1. The fourth-order valence-corrected chi connectivity index (χ4v) is 1.79. The van der Waals surface area contributed by atoms with Crippen molar-refractivity contribution < 1.29 is 13.9 Å². The first-order chi connectivity index (χ1) is 7.65. The molecule has 1 aromatic rings. The number of halogens is 2. The highest BCUT2D eigenvalue weighted by atomic mass is 19.2. The molecule has 0 amide bonds. The molecule has 0 fully saturated rings. The van der Waals surface area contributed by atoms with E-state index in [9.17, 15) is 13.9 Å². The minimum absolute atomic E-state index is 0.0874. The SMILES string of the molecule is Cc1ccc(C(O)(CN)C(C)(C)C)c(F)c1F. The summed E-state index contributed by atoms with van der Waals surface area (Å²) in [6.45, 7) is 6.50. The summed E-state index contributed by atoms with van der Waals surface area (Å²) in [4.78, 5) is 0. The van der Waals surface area contributed by atoms with Crippen molar-refractivity contribution in [1.82, 2.24) is 0 Å². The van der Waals surface area contributed by atoms with Gasteiger partial charge in [0.2, 0.25) is 0 Å². The lowest BCUT2D eigenvalue weighted by atomic mass is 9.72. The van der Waals surface area contributed by atoms with Crippen LogP contribution in [0, 0.1) is 24.0 Å². The van der Waals surface area contributed by atoms with Crippen LogP contribution in [0.3, 0.4) is 0 Å². The highest BCUT2D eigenvalue weighted by Gasteiger charge is 2.43. The van der Waals surface area contributed by atoms with E-state index in [1.54, 1.807) is 20.8 Å². The van der Waals surface area contributed by atoms with Crippen LogP contribution in [0.5, 0.6) is 0 Å². The van der Waals surface area contributed by atoms with Crippen molar-refractivity contribution in [3.8, 4) is 0 Å². The molecule has 4 heteroatoms. The maximum Gasteiger partial charge on any atom is 0.165 e. The molecule has 0 aliphatic rings. The quantitative estimate of drug-likeness (QED) is 0.838. The summed E-state index contributed by atoms with van der Waals surface area (Å²) in [6.07, 6.45) is 0. The van der Waals surface area contributed by atoms with E-state index < -0.39 is 22.7 Å². The molecular formula is C13H19F2NO. The van der Waals surface area contributed by atoms with Gasteiger partial charge in [0, 0.05) is 12.1 Å². The second-order valence-electron chi connectivity index (χ2n) is 5.37. The van der Waals surface area contributed by atoms with Crippen LogP contribution in [0.25, 0.3) is 0 Å². The highest BCUT2D eigenvalue weighted by molar-refractivity contribution is 5.31. The lowest BCUT2D eigenvalue weighted by molar-refractivity contribution is -0.0588. The summed E-state index contributed by atoms with van der Waals surface area (Å²) in [7, 11) is 0. The number of rotatable bonds is 2. The van der Waals surface area contributed by atoms with Gasteiger partial charge in [0.05, 0.1) is 0 Å². The zero-order valence-electron chi connectivity index (χ0n) is 10.6. The molecule has 1 aromatic carbocycles. The van der Waals surface area contributed by atoms with Gasteiger partial charge in [-0.05, 0) is 17.9 Å². The van der Waals surface area contributed by atoms with E-state index in [4.69, 9.17) is 5.73 Å². The summed E-state index contributed by atoms with van der Waals surface area (Å²) in [5.41, 5.74) is 3.38. The summed E-state index contributed by atoms with van der Waals surface area (Å²) in [6, 6.07) is 2.84. The van der Waals surface area contributed by atoms with Crippen molar-refractivity contribution in [2.75, 3.05) is 6.54 Å². The van der Waals surface area contributed by atoms with E-state index in [-0.39, 0.29) is 17.7 Å². The second-order valence-corrected chi connectivity index (χ2v) is 5.37. The van der Waals surface area contributed by atoms with E-state index in [0.29, 0.717) is 0 Å². The molecule has 0 saturated heterocycles. The predicted molar refractivity (Wildman–Crippen MR) is 63.5 cm³/mol. The topological polar surface area (TPSA) is 46.2 Å². The van der Waals surface area contributed by atoms with Gasteiger partial charge < -0.3 is 10.8 Å². The van der Waals surface area contributed by atoms with E-state index >= 15 is 0 Å². The van der Waals surface area contributed by atoms with Crippen LogP contribution in [-0.4, -0.2) is 11.7 Å². The molecule has 0 aliphatic carbocycles. The fraction of sp³-hybridized carbons (Fsp3) is 0.538. The third kappa shape index (κ3) is 2.19. The maximum absolute atomic E-state index is 13.9. The standard InChI is InChI=1S/C13H19F2NO/c1-8-5-6-9(11(15)10(8)14)13(17,7-16)12(2,3)4/h5-6,17H,7,16H2,1-4H3. The minimum atomic E-state index is -1.59. The average molecular weight is 243 g/mol. The molecule has 0 bridgehead atoms. The molecule has 1 atom stereocenters. The molecule has 0 aliphatic heterocycles. The van der Waals surface area contributed by atoms with Gasteiger partial charge in [0.1, 0.15) is 5.60 Å². The van der Waals surface area contributed by atoms with Crippen molar-refractivity contribution in [1.29, 1.82) is 0 Å². The van der Waals surface area contributed by atoms with Crippen LogP contribution < -0.4 is 5.73 Å². The van der Waals surface area contributed by atoms with Gasteiger partial charge in [-0.25, -0.2) is 8.78 Å². The van der Waals surface area contributed by atoms with Crippen LogP contribution in [0.2, 0.25) is 0 Å². The van der Waals surface area contributed by atoms with Gasteiger partial charge in [-0.3, -0.25) is 0 Å². The van der Waals surface area contributed by atoms with E-state index in [2.05, 4.69) is 0 Å². The van der Waals surface area contributed by atoms with Crippen LogP contribution >= 0.6 is 0 Å². The molecule has 0 aromatic heterocycles. The van der Waals surface area contributed by atoms with Gasteiger partial charge in [0.15, 0.2) is 11.6 Å². The van der Waals surface area contributed by atoms with Gasteiger partial charge in [-0.2, -0.15) is 0 Å². The predicted octanol–water partition coefficient (Wildman–Crippen LogP) is 2.47. The Morgan fingerprint density at radius 1 is 1.18 bits per heavy atom. The monoisotopic (exact) mass is 243 g/mol. The number of hydrogen-bond acceptors (Lipinski definition) is 2. The first kappa shape index (κ1) is 14.1. The van der Waals surface area contributed by atoms with E-state index in [0.717, 1.165) is 0 Å². The Bertz CT molecular complexity index is 426. The molecule has 0 saturated carbocycles. The number of nitrogens with two attached hydrogens (primary N) is 1. The van der Waals surface area contributed by atoms with Crippen molar-refractivity contribution in [3.05, 3.63) is 34.9 Å². The van der Waals surface area contributed by atoms with Crippen LogP contribution in [0.15, 0.2) is 12.1 Å². The number of hydrogen-bond donors (Lipinski definition) is 2. The number of aliphatic hydroxyl groups is 1. The Balaban J connectivity index is 3.47. The molecule has 3 N–H and O–H groups in total. The van der Waals surface area contributed by atoms with Crippen molar-refractivity contribution >= 4 is 0 Å². The molecular weight excluding hydrogens is 224 g/mol. The Morgan fingerprint density at radius 2 is 1.71 bits per heavy atom. The maximum atomic E-state index is 13.9. The second kappa shape index (κ2) is 4.35. The van der Waals surface area contributed by atoms with Crippen LogP contribution in [0.1, 0.15) is 31.9 Å². The molecule has 0 heterocycles. The molecule has 1 rings (SSSR count). The third-order valence-electron chi connectivity index (χ3n) is 3.26. The third-order valence-corrected chi connectivity index (χ3v) is 3.26. The van der Waals surface area contributed by atoms with Gasteiger partial charge in [-0.15, -0.1) is 0 Å². The summed E-state index contributed by atoms with van der Waals surface area (Å²) < 4.78 is 27.4. The van der Waals surface area contributed by atoms with Gasteiger partial charge in [0.25, 0.3) is 0 Å². The zero-order valence-corrected chi connectivity index (χ0v) is 10.6. The molecule has 96 valence electrons. The average Bonchev–Trinajstić information content (AvgIpc) is 2.23. The molecule has 2 nitrogen and oxygen atoms in total. The fourth-order valence-electron chi connectivity index (χ4n) is 1.79. The Hall–Kier alpha value is -1.00. The molecule has 0 radical (unpaired) electrons. The van der Waals surface area contributed by atoms with Crippen molar-refractivity contribution in [2.45, 2.75) is 33.3 Å². The van der Waals surface area contributed by atoms with Gasteiger partial charge >= 0.3 is 0 Å². The van der Waals surface area contributed by atoms with Gasteiger partial charge in [-0.1, -0.05) is 32.9 Å². The van der Waals surface area contributed by atoms with Crippen molar-refractivity contribution in [2.24, 2.45) is 11.1 Å². The van der Waals surface area contributed by atoms with Crippen LogP contribution in [-0.2, 0) is 5.60 Å². The largest absolute Gasteiger partial charge is 0.383 e.